The van der Waals surface area contributed by atoms with E-state index < -0.39 is 136 Å². The lowest BCUT2D eigenvalue weighted by Crippen LogP contribution is -2.67. The van der Waals surface area contributed by atoms with Crippen LogP contribution in [0.4, 0.5) is 0 Å². The molecule has 43 heavy (non-hydrogen) atoms. The van der Waals surface area contributed by atoms with Gasteiger partial charge in [0.25, 0.3) is 0 Å². The molecule has 19 heteroatoms. The average molecular weight is 635 g/mol. The number of hydrogen-bond acceptors (Lipinski definition) is 19. The molecule has 4 rings (SSSR count). The molecule has 0 aliphatic carbocycles. The van der Waals surface area contributed by atoms with Gasteiger partial charge >= 0.3 is 0 Å². The van der Waals surface area contributed by atoms with Crippen molar-refractivity contribution in [1.82, 2.24) is 0 Å². The topological polar surface area (TPSA) is 307 Å². The Balaban J connectivity index is 1.65. The Morgan fingerprint density at radius 1 is 0.419 bits per heavy atom. The Bertz CT molecular complexity index is 882. The third-order valence-corrected chi connectivity index (χ3v) is 8.12. The second-order valence-corrected chi connectivity index (χ2v) is 11.1. The lowest BCUT2D eigenvalue weighted by Gasteiger charge is -2.50. The van der Waals surface area contributed by atoms with E-state index in [-0.39, 0.29) is 0 Å². The van der Waals surface area contributed by atoms with Crippen LogP contribution in [-0.2, 0) is 33.2 Å². The van der Waals surface area contributed by atoms with Crippen molar-refractivity contribution in [1.29, 1.82) is 0 Å². The van der Waals surface area contributed by atoms with E-state index in [4.69, 9.17) is 33.2 Å². The maximum Gasteiger partial charge on any atom is 0.187 e. The second kappa shape index (κ2) is 14.3. The van der Waals surface area contributed by atoms with Crippen molar-refractivity contribution in [2.45, 2.75) is 137 Å². The lowest BCUT2D eigenvalue weighted by molar-refractivity contribution is -0.401. The molecular formula is C24H42O19. The highest BCUT2D eigenvalue weighted by molar-refractivity contribution is 4.97. The Morgan fingerprint density at radius 2 is 0.814 bits per heavy atom. The molecule has 0 radical (unpaired) electrons. The van der Waals surface area contributed by atoms with Crippen molar-refractivity contribution in [3.8, 4) is 0 Å². The van der Waals surface area contributed by atoms with Gasteiger partial charge in [-0.3, -0.25) is 0 Å². The minimum atomic E-state index is -1.94. The molecule has 0 aromatic carbocycles. The van der Waals surface area contributed by atoms with Gasteiger partial charge in [0.15, 0.2) is 25.2 Å². The third kappa shape index (κ3) is 7.00. The van der Waals surface area contributed by atoms with Crippen molar-refractivity contribution >= 4 is 0 Å². The molecule has 252 valence electrons. The first-order valence-corrected chi connectivity index (χ1v) is 13.8. The molecule has 0 spiro atoms. The van der Waals surface area contributed by atoms with Crippen molar-refractivity contribution in [2.24, 2.45) is 0 Å². The summed E-state index contributed by atoms with van der Waals surface area (Å²) in [6, 6.07) is 0. The van der Waals surface area contributed by atoms with Crippen LogP contribution in [0.5, 0.6) is 0 Å². The molecule has 20 atom stereocenters. The summed E-state index contributed by atoms with van der Waals surface area (Å²) in [7, 11) is 0. The number of ether oxygens (including phenoxy) is 7. The highest BCUT2D eigenvalue weighted by atomic mass is 16.8. The van der Waals surface area contributed by atoms with Crippen molar-refractivity contribution in [3.05, 3.63) is 0 Å². The molecule has 4 aliphatic rings. The Hall–Kier alpha value is -0.760. The van der Waals surface area contributed by atoms with Crippen LogP contribution < -0.4 is 0 Å². The van der Waals surface area contributed by atoms with E-state index >= 15 is 0 Å². The van der Waals surface area contributed by atoms with E-state index in [9.17, 15) is 61.3 Å². The van der Waals surface area contributed by atoms with Gasteiger partial charge in [-0.05, 0) is 13.8 Å². The number of rotatable bonds is 8. The zero-order valence-electron chi connectivity index (χ0n) is 23.2. The molecule has 0 unspecified atom stereocenters. The van der Waals surface area contributed by atoms with Crippen LogP contribution in [0.15, 0.2) is 0 Å². The minimum absolute atomic E-state index is 0.800. The summed E-state index contributed by atoms with van der Waals surface area (Å²) in [5.74, 6) is 0. The summed E-state index contributed by atoms with van der Waals surface area (Å²) >= 11 is 0. The molecular weight excluding hydrogens is 592 g/mol. The normalized spacial score (nSPS) is 54.8. The molecule has 0 saturated carbocycles. The van der Waals surface area contributed by atoms with Gasteiger partial charge in [0.1, 0.15) is 85.5 Å². The zero-order chi connectivity index (χ0) is 31.9. The van der Waals surface area contributed by atoms with Crippen molar-refractivity contribution in [3.63, 3.8) is 0 Å². The monoisotopic (exact) mass is 634 g/mol. The average Bonchev–Trinajstić information content (AvgIpc) is 2.98. The van der Waals surface area contributed by atoms with E-state index in [0.29, 0.717) is 0 Å². The SMILES string of the molecule is C[C@@H]1O[C@@H](O[C@@H]2[C@@H](O[C@@H]3O[C@H](CO)[C@H](O)[C@H](O)[C@H]3O)[C@@H](O[C@H]3O[C@H](CO)[C@H](O)[C@H](O)[C@H]3O)[C@H](O)O[C@H]2C)[C@@H](O)[C@H](O)[C@@H]1O. The number of hydrogen-bond donors (Lipinski definition) is 12. The quantitative estimate of drug-likeness (QED) is 0.118. The summed E-state index contributed by atoms with van der Waals surface area (Å²) in [5, 5.41) is 123. The van der Waals surface area contributed by atoms with E-state index in [0.717, 1.165) is 0 Å². The van der Waals surface area contributed by atoms with Gasteiger partial charge < -0.3 is 94.4 Å². The maximum atomic E-state index is 10.9. The first kappa shape index (κ1) is 35.1. The third-order valence-electron chi connectivity index (χ3n) is 8.12. The molecule has 4 aliphatic heterocycles. The number of aliphatic hydroxyl groups excluding tert-OH is 12. The zero-order valence-corrected chi connectivity index (χ0v) is 23.2. The van der Waals surface area contributed by atoms with Crippen LogP contribution in [-0.4, -0.2) is 197 Å². The minimum Gasteiger partial charge on any atom is -0.394 e. The van der Waals surface area contributed by atoms with Crippen LogP contribution in [0.3, 0.4) is 0 Å². The molecule has 4 heterocycles. The van der Waals surface area contributed by atoms with Crippen LogP contribution in [0.2, 0.25) is 0 Å². The fraction of sp³-hybridized carbons (Fsp3) is 1.00. The molecule has 0 bridgehead atoms. The van der Waals surface area contributed by atoms with Crippen LogP contribution in [0.1, 0.15) is 13.8 Å². The Labute approximate surface area is 244 Å². The van der Waals surface area contributed by atoms with Crippen LogP contribution in [0, 0.1) is 0 Å². The summed E-state index contributed by atoms with van der Waals surface area (Å²) in [4.78, 5) is 0. The summed E-state index contributed by atoms with van der Waals surface area (Å²) in [6.07, 6.45) is -33.1. The second-order valence-electron chi connectivity index (χ2n) is 11.1. The first-order chi connectivity index (χ1) is 20.2. The van der Waals surface area contributed by atoms with E-state index in [1.807, 2.05) is 0 Å². The summed E-state index contributed by atoms with van der Waals surface area (Å²) < 4.78 is 39.3. The molecule has 12 N–H and O–H groups in total. The molecule has 0 aromatic rings. The predicted molar refractivity (Wildman–Crippen MR) is 131 cm³/mol. The molecule has 0 amide bonds. The molecule has 4 saturated heterocycles. The van der Waals surface area contributed by atoms with E-state index in [1.165, 1.54) is 13.8 Å². The Kier molecular flexibility index (Phi) is 11.7. The molecule has 0 aromatic heterocycles. The largest absolute Gasteiger partial charge is 0.394 e. The summed E-state index contributed by atoms with van der Waals surface area (Å²) in [5.41, 5.74) is 0. The van der Waals surface area contributed by atoms with E-state index in [2.05, 4.69) is 0 Å². The van der Waals surface area contributed by atoms with Gasteiger partial charge in [0, 0.05) is 0 Å². The van der Waals surface area contributed by atoms with Crippen LogP contribution in [0.25, 0.3) is 0 Å². The standard InChI is InChI=1S/C24H42O19/c1-5-9(27)12(30)15(33)22(38-5)41-18-6(2)37-21(36)20(43-24-17(35)14(32)11(29)8(4-26)40-24)19(18)42-23-16(34)13(31)10(28)7(3-25)39-23/h5-36H,3-4H2,1-2H3/t5-,6-,7+,8+,9+,10-,11-,12+,13-,14-,15-,16+,17+,18-,19+,20+,21+,22-,23-,24+/m0/s1. The fourth-order valence-corrected chi connectivity index (χ4v) is 5.43. The highest BCUT2D eigenvalue weighted by Crippen LogP contribution is 2.35. The van der Waals surface area contributed by atoms with Crippen molar-refractivity contribution in [2.75, 3.05) is 13.2 Å². The van der Waals surface area contributed by atoms with Gasteiger partial charge in [0.2, 0.25) is 0 Å². The number of aliphatic hydroxyl groups is 12. The highest BCUT2D eigenvalue weighted by Gasteiger charge is 2.55. The first-order valence-electron chi connectivity index (χ1n) is 13.8. The van der Waals surface area contributed by atoms with Gasteiger partial charge in [-0.2, -0.15) is 0 Å². The lowest BCUT2D eigenvalue weighted by atomic mass is 9.95. The molecule has 4 fully saturated rings. The van der Waals surface area contributed by atoms with Crippen molar-refractivity contribution < 1.29 is 94.4 Å². The van der Waals surface area contributed by atoms with Gasteiger partial charge in [0.05, 0.1) is 25.4 Å². The maximum absolute atomic E-state index is 10.9. The molecule has 19 nitrogen and oxygen atoms in total. The Morgan fingerprint density at radius 3 is 1.28 bits per heavy atom. The fourth-order valence-electron chi connectivity index (χ4n) is 5.43. The predicted octanol–water partition coefficient (Wildman–Crippen LogP) is -7.69. The van der Waals surface area contributed by atoms with Crippen LogP contribution >= 0.6 is 0 Å². The van der Waals surface area contributed by atoms with Gasteiger partial charge in [-0.1, -0.05) is 0 Å². The smallest absolute Gasteiger partial charge is 0.187 e. The van der Waals surface area contributed by atoms with E-state index in [1.54, 1.807) is 0 Å². The summed E-state index contributed by atoms with van der Waals surface area (Å²) in [6.45, 7) is 1.19. The van der Waals surface area contributed by atoms with Gasteiger partial charge in [-0.25, -0.2) is 0 Å². The van der Waals surface area contributed by atoms with Gasteiger partial charge in [-0.15, -0.1) is 0 Å².